The first-order valence-corrected chi connectivity index (χ1v) is 8.68. The van der Waals surface area contributed by atoms with Crippen molar-refractivity contribution in [3.8, 4) is 0 Å². The van der Waals surface area contributed by atoms with E-state index < -0.39 is 0 Å². The minimum atomic E-state index is 0.822. The van der Waals surface area contributed by atoms with Gasteiger partial charge >= 0.3 is 0 Å². The molecule has 1 aromatic carbocycles. The fourth-order valence-electron chi connectivity index (χ4n) is 2.90. The molecule has 0 unspecified atom stereocenters. The molecule has 1 aliphatic heterocycles. The fourth-order valence-corrected chi connectivity index (χ4v) is 3.98. The largest absolute Gasteiger partial charge is 0.345 e. The smallest absolute Gasteiger partial charge is 0.225 e. The zero-order valence-corrected chi connectivity index (χ0v) is 14.2. The maximum absolute atomic E-state index is 4.89. The van der Waals surface area contributed by atoms with E-state index in [9.17, 15) is 0 Å². The van der Waals surface area contributed by atoms with Gasteiger partial charge in [0.1, 0.15) is 0 Å². The van der Waals surface area contributed by atoms with E-state index in [1.54, 1.807) is 23.7 Å². The van der Waals surface area contributed by atoms with Gasteiger partial charge in [0.05, 0.1) is 10.2 Å². The van der Waals surface area contributed by atoms with Gasteiger partial charge in [-0.1, -0.05) is 17.4 Å². The molecule has 6 heteroatoms. The number of nitrogens with zero attached hydrogens (tertiary/aromatic N) is 5. The van der Waals surface area contributed by atoms with Crippen LogP contribution in [0.2, 0.25) is 0 Å². The van der Waals surface area contributed by atoms with Crippen molar-refractivity contribution in [2.45, 2.75) is 13.8 Å². The second-order valence-electron chi connectivity index (χ2n) is 5.87. The van der Waals surface area contributed by atoms with E-state index in [0.29, 0.717) is 0 Å². The Hall–Kier alpha value is -2.21. The lowest BCUT2D eigenvalue weighted by Gasteiger charge is -2.34. The van der Waals surface area contributed by atoms with Gasteiger partial charge in [-0.2, -0.15) is 0 Å². The lowest BCUT2D eigenvalue weighted by Crippen LogP contribution is -2.47. The summed E-state index contributed by atoms with van der Waals surface area (Å²) in [6, 6.07) is 6.22. The molecule has 0 aliphatic carbocycles. The lowest BCUT2D eigenvalue weighted by molar-refractivity contribution is 0.639. The summed E-state index contributed by atoms with van der Waals surface area (Å²) in [7, 11) is 0. The third kappa shape index (κ3) is 2.63. The van der Waals surface area contributed by atoms with E-state index in [1.165, 1.54) is 15.8 Å². The zero-order chi connectivity index (χ0) is 15.8. The van der Waals surface area contributed by atoms with E-state index in [0.717, 1.165) is 42.8 Å². The topological polar surface area (TPSA) is 45.2 Å². The van der Waals surface area contributed by atoms with Crippen molar-refractivity contribution in [3.63, 3.8) is 0 Å². The molecule has 1 saturated heterocycles. The van der Waals surface area contributed by atoms with Crippen LogP contribution in [0.15, 0.2) is 30.6 Å². The van der Waals surface area contributed by atoms with Crippen LogP contribution in [0.25, 0.3) is 10.2 Å². The number of aryl methyl sites for hydroxylation is 2. The van der Waals surface area contributed by atoms with Gasteiger partial charge in [0.25, 0.3) is 0 Å². The first kappa shape index (κ1) is 14.4. The quantitative estimate of drug-likeness (QED) is 0.725. The average Bonchev–Trinajstić information content (AvgIpc) is 3.04. The van der Waals surface area contributed by atoms with Crippen LogP contribution in [0.3, 0.4) is 0 Å². The highest BCUT2D eigenvalue weighted by atomic mass is 32.1. The molecule has 3 heterocycles. The molecule has 0 amide bonds. The molecule has 1 aliphatic rings. The molecule has 23 heavy (non-hydrogen) atoms. The van der Waals surface area contributed by atoms with Gasteiger partial charge in [-0.15, -0.1) is 0 Å². The Balaban J connectivity index is 1.53. The molecular formula is C17H19N5S. The summed E-state index contributed by atoms with van der Waals surface area (Å²) in [5.41, 5.74) is 3.75. The molecule has 3 aromatic rings. The van der Waals surface area contributed by atoms with Crippen LogP contribution in [0, 0.1) is 13.8 Å². The zero-order valence-electron chi connectivity index (χ0n) is 13.4. The number of thiazole rings is 1. The first-order chi connectivity index (χ1) is 11.2. The maximum Gasteiger partial charge on any atom is 0.225 e. The van der Waals surface area contributed by atoms with Gasteiger partial charge in [-0.05, 0) is 37.1 Å². The summed E-state index contributed by atoms with van der Waals surface area (Å²) in [6.07, 6.45) is 3.60. The van der Waals surface area contributed by atoms with Gasteiger partial charge in [0.2, 0.25) is 5.95 Å². The Labute approximate surface area is 139 Å². The molecule has 0 saturated carbocycles. The minimum absolute atomic E-state index is 0.822. The van der Waals surface area contributed by atoms with Crippen molar-refractivity contribution in [2.75, 3.05) is 36.0 Å². The number of fused-ring (bicyclic) bond motifs is 1. The average molecular weight is 325 g/mol. The normalized spacial score (nSPS) is 15.4. The van der Waals surface area contributed by atoms with E-state index in [1.807, 2.05) is 6.07 Å². The van der Waals surface area contributed by atoms with Gasteiger partial charge in [0.15, 0.2) is 5.13 Å². The van der Waals surface area contributed by atoms with Crippen LogP contribution in [0.1, 0.15) is 11.1 Å². The van der Waals surface area contributed by atoms with Crippen LogP contribution in [0.4, 0.5) is 11.1 Å². The number of aromatic nitrogens is 3. The molecule has 0 atom stereocenters. The van der Waals surface area contributed by atoms with Crippen molar-refractivity contribution >= 4 is 32.6 Å². The molecule has 118 valence electrons. The fraction of sp³-hybridized carbons (Fsp3) is 0.353. The van der Waals surface area contributed by atoms with E-state index in [4.69, 9.17) is 4.98 Å². The highest BCUT2D eigenvalue weighted by Crippen LogP contribution is 2.32. The summed E-state index contributed by atoms with van der Waals surface area (Å²) >= 11 is 1.79. The molecule has 0 radical (unpaired) electrons. The number of hydrogen-bond donors (Lipinski definition) is 0. The Kier molecular flexibility index (Phi) is 3.61. The second-order valence-corrected chi connectivity index (χ2v) is 6.88. The SMILES string of the molecule is Cc1ccc2sc(N3CCN(c4ncccn4)CC3)nc2c1C. The molecule has 0 bridgehead atoms. The summed E-state index contributed by atoms with van der Waals surface area (Å²) in [6.45, 7) is 8.07. The predicted octanol–water partition coefficient (Wildman–Crippen LogP) is 3.03. The first-order valence-electron chi connectivity index (χ1n) is 7.86. The number of piperazine rings is 1. The Morgan fingerprint density at radius 2 is 1.65 bits per heavy atom. The van der Waals surface area contributed by atoms with Crippen molar-refractivity contribution in [1.82, 2.24) is 15.0 Å². The Morgan fingerprint density at radius 1 is 0.957 bits per heavy atom. The highest BCUT2D eigenvalue weighted by Gasteiger charge is 2.21. The van der Waals surface area contributed by atoms with Crippen molar-refractivity contribution in [3.05, 3.63) is 41.7 Å². The molecular weight excluding hydrogens is 306 g/mol. The van der Waals surface area contributed by atoms with Crippen LogP contribution >= 0.6 is 11.3 Å². The summed E-state index contributed by atoms with van der Waals surface area (Å²) in [4.78, 5) is 18.2. The maximum atomic E-state index is 4.89. The Bertz CT molecular complexity index is 822. The third-order valence-corrected chi connectivity index (χ3v) is 5.54. The molecule has 4 rings (SSSR count). The molecule has 2 aromatic heterocycles. The van der Waals surface area contributed by atoms with Crippen LogP contribution in [-0.4, -0.2) is 41.1 Å². The molecule has 0 spiro atoms. The van der Waals surface area contributed by atoms with Crippen molar-refractivity contribution in [1.29, 1.82) is 0 Å². The predicted molar refractivity (Wildman–Crippen MR) is 95.6 cm³/mol. The molecule has 5 nitrogen and oxygen atoms in total. The van der Waals surface area contributed by atoms with Crippen LogP contribution < -0.4 is 9.80 Å². The van der Waals surface area contributed by atoms with E-state index >= 15 is 0 Å². The number of rotatable bonds is 2. The van der Waals surface area contributed by atoms with Crippen molar-refractivity contribution in [2.24, 2.45) is 0 Å². The number of hydrogen-bond acceptors (Lipinski definition) is 6. The summed E-state index contributed by atoms with van der Waals surface area (Å²) < 4.78 is 1.27. The van der Waals surface area contributed by atoms with Crippen LogP contribution in [-0.2, 0) is 0 Å². The second kappa shape index (κ2) is 5.77. The number of anilines is 2. The van der Waals surface area contributed by atoms with E-state index in [2.05, 4.69) is 45.7 Å². The monoisotopic (exact) mass is 325 g/mol. The summed E-state index contributed by atoms with van der Waals surface area (Å²) in [5, 5.41) is 1.13. The van der Waals surface area contributed by atoms with Gasteiger partial charge in [-0.3, -0.25) is 0 Å². The minimum Gasteiger partial charge on any atom is -0.345 e. The molecule has 0 N–H and O–H groups in total. The molecule has 1 fully saturated rings. The Morgan fingerprint density at radius 3 is 2.39 bits per heavy atom. The highest BCUT2D eigenvalue weighted by molar-refractivity contribution is 7.22. The van der Waals surface area contributed by atoms with Gasteiger partial charge < -0.3 is 9.80 Å². The standard InChI is InChI=1S/C17H19N5S/c1-12-4-5-14-15(13(12)2)20-17(23-14)22-10-8-21(9-11-22)16-18-6-3-7-19-16/h3-7H,8-11H2,1-2H3. The summed E-state index contributed by atoms with van der Waals surface area (Å²) in [5.74, 6) is 0.822. The third-order valence-electron chi connectivity index (χ3n) is 4.46. The van der Waals surface area contributed by atoms with Gasteiger partial charge in [0, 0.05) is 38.6 Å². The van der Waals surface area contributed by atoms with Gasteiger partial charge in [-0.25, -0.2) is 15.0 Å². The lowest BCUT2D eigenvalue weighted by atomic mass is 10.1. The number of benzene rings is 1. The van der Waals surface area contributed by atoms with E-state index in [-0.39, 0.29) is 0 Å². The van der Waals surface area contributed by atoms with Crippen LogP contribution in [0.5, 0.6) is 0 Å². The van der Waals surface area contributed by atoms with Crippen molar-refractivity contribution < 1.29 is 0 Å².